The van der Waals surface area contributed by atoms with Crippen LogP contribution in [0.2, 0.25) is 5.02 Å². The van der Waals surface area contributed by atoms with Crippen molar-refractivity contribution in [2.75, 3.05) is 13.2 Å². The number of imide groups is 1. The summed E-state index contributed by atoms with van der Waals surface area (Å²) in [6.07, 6.45) is -0.520. The van der Waals surface area contributed by atoms with Gasteiger partial charge in [0.15, 0.2) is 0 Å². The van der Waals surface area contributed by atoms with Gasteiger partial charge >= 0.3 is 0 Å². The van der Waals surface area contributed by atoms with Gasteiger partial charge in [0.1, 0.15) is 5.75 Å². The van der Waals surface area contributed by atoms with Gasteiger partial charge in [0.25, 0.3) is 11.8 Å². The Balaban J connectivity index is 1.72. The van der Waals surface area contributed by atoms with E-state index in [0.717, 1.165) is 16.4 Å². The highest BCUT2D eigenvalue weighted by Gasteiger charge is 2.34. The number of rotatable bonds is 6. The Morgan fingerprint density at radius 1 is 1.03 bits per heavy atom. The fraction of sp³-hybridized carbons (Fsp3) is 0.200. The van der Waals surface area contributed by atoms with Crippen LogP contribution in [-0.2, 0) is 7.05 Å². The molecule has 2 amide bonds. The molecular weight excluding hydrogens is 444 g/mol. The number of carbonyl (C=O) groups excluding carboxylic acids is 2. The van der Waals surface area contributed by atoms with E-state index in [1.807, 2.05) is 48.0 Å². The van der Waals surface area contributed by atoms with Crippen LogP contribution in [0.4, 0.5) is 0 Å². The van der Waals surface area contributed by atoms with Gasteiger partial charge in [0.05, 0.1) is 41.5 Å². The van der Waals surface area contributed by atoms with Crippen LogP contribution in [0, 0.1) is 0 Å². The Bertz CT molecular complexity index is 1440. The number of aliphatic hydroxyl groups excluding tert-OH is 2. The maximum absolute atomic E-state index is 12.9. The fourth-order valence-electron chi connectivity index (χ4n) is 4.41. The average Bonchev–Trinajstić information content (AvgIpc) is 3.26. The van der Waals surface area contributed by atoms with E-state index in [1.165, 1.54) is 0 Å². The van der Waals surface area contributed by atoms with E-state index < -0.39 is 17.9 Å². The molecular formula is C25H21ClN2O5. The highest BCUT2D eigenvalue weighted by molar-refractivity contribution is 6.36. The zero-order chi connectivity index (χ0) is 23.3. The molecule has 1 aliphatic rings. The first-order valence-electron chi connectivity index (χ1n) is 10.5. The van der Waals surface area contributed by atoms with Crippen molar-refractivity contribution in [3.05, 3.63) is 64.7 Å². The van der Waals surface area contributed by atoms with Gasteiger partial charge in [-0.05, 0) is 29.8 Å². The van der Waals surface area contributed by atoms with Gasteiger partial charge in [-0.15, -0.1) is 0 Å². The van der Waals surface area contributed by atoms with Crippen molar-refractivity contribution in [1.29, 1.82) is 0 Å². The van der Waals surface area contributed by atoms with Crippen LogP contribution in [0.1, 0.15) is 27.1 Å². The number of benzene rings is 3. The zero-order valence-corrected chi connectivity index (χ0v) is 18.5. The summed E-state index contributed by atoms with van der Waals surface area (Å²) in [6.45, 7) is -0.0641. The maximum Gasteiger partial charge on any atom is 0.259 e. The number of nitrogens with zero attached hydrogens (tertiary/aromatic N) is 1. The molecule has 5 rings (SSSR count). The van der Waals surface area contributed by atoms with E-state index in [1.54, 1.807) is 12.1 Å². The molecule has 1 aromatic heterocycles. The van der Waals surface area contributed by atoms with Crippen molar-refractivity contribution < 1.29 is 24.5 Å². The molecule has 0 radical (unpaired) electrons. The molecule has 7 nitrogen and oxygen atoms in total. The third-order valence-corrected chi connectivity index (χ3v) is 6.37. The highest BCUT2D eigenvalue weighted by atomic mass is 35.5. The van der Waals surface area contributed by atoms with Crippen molar-refractivity contribution in [1.82, 2.24) is 9.88 Å². The van der Waals surface area contributed by atoms with E-state index in [-0.39, 0.29) is 13.2 Å². The standard InChI is InChI=1S/C25H21ClN2O5/c1-28-19-10-14(33-9-8-13(30)12-29)6-7-16(19)21-20(28)11-17(15-4-2-3-5-18(15)26)22-23(21)25(32)27-24(22)31/h2-7,10-11,13,29-30H,8-9,12H2,1H3,(H,27,31,32). The third-order valence-electron chi connectivity index (χ3n) is 6.04. The predicted molar refractivity (Wildman–Crippen MR) is 126 cm³/mol. The summed E-state index contributed by atoms with van der Waals surface area (Å²) < 4.78 is 7.70. The van der Waals surface area contributed by atoms with Crippen LogP contribution < -0.4 is 10.1 Å². The summed E-state index contributed by atoms with van der Waals surface area (Å²) in [5.41, 5.74) is 3.57. The Morgan fingerprint density at radius 2 is 1.79 bits per heavy atom. The van der Waals surface area contributed by atoms with Gasteiger partial charge in [-0.3, -0.25) is 14.9 Å². The van der Waals surface area contributed by atoms with Crippen LogP contribution in [-0.4, -0.2) is 45.9 Å². The van der Waals surface area contributed by atoms with Crippen molar-refractivity contribution in [3.63, 3.8) is 0 Å². The van der Waals surface area contributed by atoms with Crippen LogP contribution >= 0.6 is 11.6 Å². The lowest BCUT2D eigenvalue weighted by atomic mass is 9.93. The van der Waals surface area contributed by atoms with Crippen LogP contribution in [0.15, 0.2) is 48.5 Å². The first-order valence-corrected chi connectivity index (χ1v) is 10.9. The molecule has 1 unspecified atom stereocenters. The number of hydrogen-bond acceptors (Lipinski definition) is 5. The molecule has 1 aliphatic heterocycles. The van der Waals surface area contributed by atoms with E-state index in [0.29, 0.717) is 44.8 Å². The lowest BCUT2D eigenvalue weighted by Gasteiger charge is -2.10. The number of carbonyl (C=O) groups is 2. The molecule has 8 heteroatoms. The minimum atomic E-state index is -0.826. The predicted octanol–water partition coefficient (Wildman–Crippen LogP) is 3.66. The highest BCUT2D eigenvalue weighted by Crippen LogP contribution is 2.42. The van der Waals surface area contributed by atoms with E-state index in [9.17, 15) is 14.7 Å². The number of aliphatic hydroxyl groups is 2. The summed E-state index contributed by atoms with van der Waals surface area (Å²) in [7, 11) is 1.89. The van der Waals surface area contributed by atoms with E-state index >= 15 is 0 Å². The molecule has 0 aliphatic carbocycles. The van der Waals surface area contributed by atoms with E-state index in [4.69, 9.17) is 21.4 Å². The largest absolute Gasteiger partial charge is 0.493 e. The molecule has 0 fully saturated rings. The average molecular weight is 465 g/mol. The van der Waals surface area contributed by atoms with Gasteiger partial charge < -0.3 is 19.5 Å². The van der Waals surface area contributed by atoms with Crippen LogP contribution in [0.25, 0.3) is 32.9 Å². The molecule has 2 heterocycles. The Morgan fingerprint density at radius 3 is 2.55 bits per heavy atom. The number of hydrogen-bond donors (Lipinski definition) is 3. The quantitative estimate of drug-likeness (QED) is 0.378. The molecule has 1 atom stereocenters. The first kappa shape index (κ1) is 21.5. The van der Waals surface area contributed by atoms with Gasteiger partial charge in [-0.2, -0.15) is 0 Å². The monoisotopic (exact) mass is 464 g/mol. The molecule has 4 aromatic rings. The summed E-state index contributed by atoms with van der Waals surface area (Å²) in [5, 5.41) is 22.9. The van der Waals surface area contributed by atoms with Gasteiger partial charge in [-0.25, -0.2) is 0 Å². The normalized spacial score (nSPS) is 14.1. The number of nitrogens with one attached hydrogen (secondary N) is 1. The van der Waals surface area contributed by atoms with Gasteiger partial charge in [0.2, 0.25) is 0 Å². The molecule has 3 N–H and O–H groups in total. The van der Waals surface area contributed by atoms with Crippen molar-refractivity contribution in [2.24, 2.45) is 7.05 Å². The van der Waals surface area contributed by atoms with Crippen LogP contribution in [0.5, 0.6) is 5.75 Å². The second kappa shape index (κ2) is 8.19. The molecule has 168 valence electrons. The van der Waals surface area contributed by atoms with Crippen LogP contribution in [0.3, 0.4) is 0 Å². The Hall–Kier alpha value is -3.39. The first-order chi connectivity index (χ1) is 15.9. The Kier molecular flexibility index (Phi) is 5.32. The second-order valence-electron chi connectivity index (χ2n) is 8.04. The number of halogens is 1. The SMILES string of the molecule is Cn1c2cc(OCCC(O)CO)ccc2c2c3c(c(-c4ccccc4Cl)cc21)C(=O)NC3=O. The Labute approximate surface area is 194 Å². The molecule has 0 spiro atoms. The van der Waals surface area contributed by atoms with Crippen molar-refractivity contribution >= 4 is 45.2 Å². The number of ether oxygens (including phenoxy) is 1. The van der Waals surface area contributed by atoms with Gasteiger partial charge in [0, 0.05) is 40.9 Å². The molecule has 0 saturated carbocycles. The lowest BCUT2D eigenvalue weighted by molar-refractivity contribution is 0.0754. The zero-order valence-electron chi connectivity index (χ0n) is 17.8. The minimum absolute atomic E-state index is 0.250. The molecule has 0 saturated heterocycles. The minimum Gasteiger partial charge on any atom is -0.493 e. The number of amides is 2. The smallest absolute Gasteiger partial charge is 0.259 e. The third kappa shape index (κ3) is 3.45. The lowest BCUT2D eigenvalue weighted by Crippen LogP contribution is -2.20. The summed E-state index contributed by atoms with van der Waals surface area (Å²) in [6, 6.07) is 14.6. The van der Waals surface area contributed by atoms with Crippen molar-refractivity contribution in [2.45, 2.75) is 12.5 Å². The molecule has 33 heavy (non-hydrogen) atoms. The maximum atomic E-state index is 12.9. The number of aromatic nitrogens is 1. The number of aryl methyl sites for hydroxylation is 1. The topological polar surface area (TPSA) is 101 Å². The number of fused-ring (bicyclic) bond motifs is 5. The molecule has 0 bridgehead atoms. The van der Waals surface area contributed by atoms with Gasteiger partial charge in [-0.1, -0.05) is 29.8 Å². The summed E-state index contributed by atoms with van der Waals surface area (Å²) >= 11 is 6.44. The van der Waals surface area contributed by atoms with E-state index in [2.05, 4.69) is 5.32 Å². The van der Waals surface area contributed by atoms with Crippen molar-refractivity contribution in [3.8, 4) is 16.9 Å². The second-order valence-corrected chi connectivity index (χ2v) is 8.45. The summed E-state index contributed by atoms with van der Waals surface area (Å²) in [5.74, 6) is -0.270. The molecule has 3 aromatic carbocycles. The summed E-state index contributed by atoms with van der Waals surface area (Å²) in [4.78, 5) is 25.6. The fourth-order valence-corrected chi connectivity index (χ4v) is 4.65.